The van der Waals surface area contributed by atoms with E-state index >= 15 is 0 Å². The number of thioether (sulfide) groups is 2. The molecule has 0 saturated heterocycles. The van der Waals surface area contributed by atoms with Crippen molar-refractivity contribution >= 4 is 39.9 Å². The van der Waals surface area contributed by atoms with Gasteiger partial charge in [0.05, 0.1) is 0 Å². The zero-order valence-electron chi connectivity index (χ0n) is 13.5. The summed E-state index contributed by atoms with van der Waals surface area (Å²) < 4.78 is 0. The smallest absolute Gasteiger partial charge is 0.250 e. The maximum absolute atomic E-state index is 10.5. The van der Waals surface area contributed by atoms with Gasteiger partial charge >= 0.3 is 0 Å². The Balaban J connectivity index is 2.35. The van der Waals surface area contributed by atoms with E-state index in [9.17, 15) is 10.1 Å². The van der Waals surface area contributed by atoms with Gasteiger partial charge in [0.25, 0.3) is 6.54 Å². The second-order valence-corrected chi connectivity index (χ2v) is 8.29. The standard InChI is InChI=1S/C14H23N3O2S3/c1-11-7-12(22-13(11)8-16(2)3)10-21-6-5-15-14(20-4)9-17(18)19/h7H,5-6,8-10H2,1-4H3. The lowest BCUT2D eigenvalue weighted by Gasteiger charge is -2.07. The van der Waals surface area contributed by atoms with Gasteiger partial charge in [-0.1, -0.05) is 0 Å². The highest BCUT2D eigenvalue weighted by Gasteiger charge is 2.07. The molecule has 0 aliphatic rings. The second-order valence-electron chi connectivity index (χ2n) is 5.08. The number of thiophene rings is 1. The van der Waals surface area contributed by atoms with E-state index in [1.165, 1.54) is 27.1 Å². The Morgan fingerprint density at radius 1 is 1.50 bits per heavy atom. The van der Waals surface area contributed by atoms with Crippen LogP contribution in [0.3, 0.4) is 0 Å². The Morgan fingerprint density at radius 3 is 2.82 bits per heavy atom. The summed E-state index contributed by atoms with van der Waals surface area (Å²) in [4.78, 5) is 19.4. The molecule has 0 bridgehead atoms. The van der Waals surface area contributed by atoms with Gasteiger partial charge in [-0.3, -0.25) is 15.1 Å². The number of aryl methyl sites for hydroxylation is 1. The first kappa shape index (κ1) is 19.5. The molecule has 0 aliphatic carbocycles. The molecule has 1 heterocycles. The summed E-state index contributed by atoms with van der Waals surface area (Å²) in [6.45, 7) is 3.63. The van der Waals surface area contributed by atoms with E-state index in [-0.39, 0.29) is 11.5 Å². The average molecular weight is 362 g/mol. The minimum atomic E-state index is -0.330. The predicted molar refractivity (Wildman–Crippen MR) is 100 cm³/mol. The van der Waals surface area contributed by atoms with E-state index in [4.69, 9.17) is 0 Å². The SMILES string of the molecule is CSC(C[N+](=O)[O-])=NCCSCc1cc(C)c(CN(C)C)s1. The molecule has 0 atom stereocenters. The molecule has 0 aliphatic heterocycles. The Kier molecular flexibility index (Phi) is 9.08. The van der Waals surface area contributed by atoms with Crippen LogP contribution in [-0.2, 0) is 12.3 Å². The maximum atomic E-state index is 10.5. The third kappa shape index (κ3) is 7.62. The molecule has 5 nitrogen and oxygen atoms in total. The van der Waals surface area contributed by atoms with Crippen molar-refractivity contribution in [3.63, 3.8) is 0 Å². The van der Waals surface area contributed by atoms with Crippen LogP contribution in [0.2, 0.25) is 0 Å². The summed E-state index contributed by atoms with van der Waals surface area (Å²) in [7, 11) is 4.17. The highest BCUT2D eigenvalue weighted by atomic mass is 32.2. The molecule has 22 heavy (non-hydrogen) atoms. The summed E-state index contributed by atoms with van der Waals surface area (Å²) in [5.74, 6) is 1.88. The van der Waals surface area contributed by atoms with Crippen LogP contribution in [-0.4, -0.2) is 54.1 Å². The third-order valence-corrected chi connectivity index (χ3v) is 5.92. The first-order chi connectivity index (χ1) is 10.4. The molecule has 1 rings (SSSR count). The fraction of sp³-hybridized carbons (Fsp3) is 0.643. The zero-order chi connectivity index (χ0) is 16.5. The Morgan fingerprint density at radius 2 is 2.23 bits per heavy atom. The maximum Gasteiger partial charge on any atom is 0.250 e. The van der Waals surface area contributed by atoms with Crippen molar-refractivity contribution < 1.29 is 4.92 Å². The highest BCUT2D eigenvalue weighted by Crippen LogP contribution is 2.26. The second kappa shape index (κ2) is 10.3. The van der Waals surface area contributed by atoms with Crippen LogP contribution in [0.1, 0.15) is 15.3 Å². The summed E-state index contributed by atoms with van der Waals surface area (Å²) in [6.07, 6.45) is 1.83. The van der Waals surface area contributed by atoms with Gasteiger partial charge in [-0.2, -0.15) is 11.8 Å². The highest BCUT2D eigenvalue weighted by molar-refractivity contribution is 8.13. The summed E-state index contributed by atoms with van der Waals surface area (Å²) in [5.41, 5.74) is 1.36. The largest absolute Gasteiger partial charge is 0.304 e. The van der Waals surface area contributed by atoms with Gasteiger partial charge in [0.15, 0.2) is 0 Å². The minimum absolute atomic E-state index is 0.163. The van der Waals surface area contributed by atoms with Crippen LogP contribution in [0.5, 0.6) is 0 Å². The van der Waals surface area contributed by atoms with E-state index in [0.29, 0.717) is 11.6 Å². The van der Waals surface area contributed by atoms with E-state index < -0.39 is 0 Å². The Bertz CT molecular complexity index is 515. The normalized spacial score (nSPS) is 12.1. The molecular weight excluding hydrogens is 338 g/mol. The van der Waals surface area contributed by atoms with Gasteiger partial charge < -0.3 is 4.90 Å². The Hall–Kier alpha value is -0.570. The molecule has 0 radical (unpaired) electrons. The predicted octanol–water partition coefficient (Wildman–Crippen LogP) is 3.39. The first-order valence-corrected chi connectivity index (χ1v) is 10.1. The quantitative estimate of drug-likeness (QED) is 0.222. The minimum Gasteiger partial charge on any atom is -0.304 e. The van der Waals surface area contributed by atoms with Gasteiger partial charge in [-0.15, -0.1) is 23.1 Å². The summed E-state index contributed by atoms with van der Waals surface area (Å²) >= 11 is 5.06. The van der Waals surface area contributed by atoms with Gasteiger partial charge in [0.1, 0.15) is 5.04 Å². The number of hydrogen-bond acceptors (Lipinski definition) is 7. The van der Waals surface area contributed by atoms with Crippen LogP contribution >= 0.6 is 34.9 Å². The van der Waals surface area contributed by atoms with Crippen molar-refractivity contribution in [1.29, 1.82) is 0 Å². The summed E-state index contributed by atoms with van der Waals surface area (Å²) in [5, 5.41) is 11.1. The lowest BCUT2D eigenvalue weighted by atomic mass is 10.2. The number of aliphatic imine (C=N–C) groups is 1. The number of hydrogen-bond donors (Lipinski definition) is 0. The molecule has 124 valence electrons. The van der Waals surface area contributed by atoms with Crippen molar-refractivity contribution in [3.8, 4) is 0 Å². The number of nitro groups is 1. The van der Waals surface area contributed by atoms with E-state index in [1.54, 1.807) is 0 Å². The fourth-order valence-electron chi connectivity index (χ4n) is 1.80. The molecule has 1 aromatic heterocycles. The molecular formula is C14H23N3O2S3. The molecule has 1 aromatic rings. The molecule has 0 spiro atoms. The van der Waals surface area contributed by atoms with Crippen LogP contribution in [0.15, 0.2) is 11.1 Å². The van der Waals surface area contributed by atoms with Crippen molar-refractivity contribution in [2.75, 3.05) is 39.2 Å². The van der Waals surface area contributed by atoms with Crippen molar-refractivity contribution in [1.82, 2.24) is 4.90 Å². The van der Waals surface area contributed by atoms with E-state index in [2.05, 4.69) is 37.0 Å². The third-order valence-electron chi connectivity index (χ3n) is 2.80. The molecule has 0 unspecified atom stereocenters. The van der Waals surface area contributed by atoms with Crippen LogP contribution in [0.25, 0.3) is 0 Å². The molecule has 0 saturated carbocycles. The Labute approximate surface area is 144 Å². The lowest BCUT2D eigenvalue weighted by molar-refractivity contribution is -0.462. The van der Waals surface area contributed by atoms with E-state index in [0.717, 1.165) is 18.1 Å². The molecule has 0 amide bonds. The molecule has 8 heteroatoms. The molecule has 0 N–H and O–H groups in total. The van der Waals surface area contributed by atoms with Crippen LogP contribution in [0, 0.1) is 17.0 Å². The zero-order valence-corrected chi connectivity index (χ0v) is 15.9. The fourth-order valence-corrected chi connectivity index (χ4v) is 4.49. The van der Waals surface area contributed by atoms with Crippen LogP contribution < -0.4 is 0 Å². The van der Waals surface area contributed by atoms with Crippen molar-refractivity contribution in [3.05, 3.63) is 31.5 Å². The van der Waals surface area contributed by atoms with Crippen LogP contribution in [0.4, 0.5) is 0 Å². The van der Waals surface area contributed by atoms with Crippen molar-refractivity contribution in [2.45, 2.75) is 19.2 Å². The topological polar surface area (TPSA) is 58.7 Å². The first-order valence-electron chi connectivity index (χ1n) is 6.92. The number of nitrogens with zero attached hydrogens (tertiary/aromatic N) is 3. The van der Waals surface area contributed by atoms with Gasteiger partial charge in [0.2, 0.25) is 0 Å². The van der Waals surface area contributed by atoms with Gasteiger partial charge in [0, 0.05) is 39.3 Å². The lowest BCUT2D eigenvalue weighted by Crippen LogP contribution is -2.11. The van der Waals surface area contributed by atoms with E-state index in [1.807, 2.05) is 29.4 Å². The monoisotopic (exact) mass is 361 g/mol. The van der Waals surface area contributed by atoms with Gasteiger partial charge in [-0.05, 0) is 38.9 Å². The number of rotatable bonds is 9. The van der Waals surface area contributed by atoms with Crippen molar-refractivity contribution in [2.24, 2.45) is 4.99 Å². The van der Waals surface area contributed by atoms with Gasteiger partial charge in [-0.25, -0.2) is 0 Å². The summed E-state index contributed by atoms with van der Waals surface area (Å²) in [6, 6.07) is 2.26. The molecule has 0 fully saturated rings. The molecule has 0 aromatic carbocycles. The average Bonchev–Trinajstić information content (AvgIpc) is 2.76.